The lowest BCUT2D eigenvalue weighted by molar-refractivity contribution is -0.129. The van der Waals surface area contributed by atoms with Crippen molar-refractivity contribution in [2.24, 2.45) is 0 Å². The van der Waals surface area contributed by atoms with Crippen LogP contribution in [0.5, 0.6) is 0 Å². The summed E-state index contributed by atoms with van der Waals surface area (Å²) < 4.78 is 25.6. The first-order valence-corrected chi connectivity index (χ1v) is 11.8. The Morgan fingerprint density at radius 3 is 2.64 bits per heavy atom. The molecule has 0 N–H and O–H groups in total. The van der Waals surface area contributed by atoms with Gasteiger partial charge >= 0.3 is 0 Å². The van der Waals surface area contributed by atoms with Gasteiger partial charge in [0.1, 0.15) is 0 Å². The van der Waals surface area contributed by atoms with Gasteiger partial charge < -0.3 is 9.47 Å². The number of unbranched alkanes of at least 4 members (excludes halogenated alkanes) is 1. The van der Waals surface area contributed by atoms with Crippen molar-refractivity contribution < 1.29 is 13.2 Å². The molecular formula is C17H29N3O3S2. The topological polar surface area (TPSA) is 72.3 Å². The van der Waals surface area contributed by atoms with Crippen LogP contribution in [0.2, 0.25) is 0 Å². The van der Waals surface area contributed by atoms with Gasteiger partial charge in [-0.05, 0) is 33.6 Å². The molecule has 1 aliphatic heterocycles. The number of imidazole rings is 1. The molecule has 2 heterocycles. The summed E-state index contributed by atoms with van der Waals surface area (Å²) in [6.07, 6.45) is 2.74. The Morgan fingerprint density at radius 2 is 2.08 bits per heavy atom. The first kappa shape index (κ1) is 20.3. The van der Waals surface area contributed by atoms with Crippen molar-refractivity contribution in [2.45, 2.75) is 64.7 Å². The molecule has 0 bridgehead atoms. The van der Waals surface area contributed by atoms with Gasteiger partial charge in [-0.1, -0.05) is 25.1 Å². The maximum atomic E-state index is 12.6. The van der Waals surface area contributed by atoms with Crippen molar-refractivity contribution in [1.29, 1.82) is 0 Å². The molecule has 1 atom stereocenters. The fourth-order valence-electron chi connectivity index (χ4n) is 3.18. The molecule has 0 aromatic carbocycles. The molecule has 0 saturated carbocycles. The monoisotopic (exact) mass is 387 g/mol. The summed E-state index contributed by atoms with van der Waals surface area (Å²) in [7, 11) is -2.99. The molecular weight excluding hydrogens is 358 g/mol. The van der Waals surface area contributed by atoms with Crippen LogP contribution in [0, 0.1) is 13.8 Å². The third kappa shape index (κ3) is 5.00. The zero-order valence-electron chi connectivity index (χ0n) is 15.6. The van der Waals surface area contributed by atoms with Crippen molar-refractivity contribution in [3.05, 3.63) is 11.4 Å². The summed E-state index contributed by atoms with van der Waals surface area (Å²) >= 11 is 1.45. The molecule has 0 radical (unpaired) electrons. The van der Waals surface area contributed by atoms with Crippen molar-refractivity contribution in [3.8, 4) is 0 Å². The van der Waals surface area contributed by atoms with E-state index in [0.717, 1.165) is 35.9 Å². The molecule has 8 heteroatoms. The summed E-state index contributed by atoms with van der Waals surface area (Å²) in [6, 6.07) is -0.175. The minimum atomic E-state index is -2.99. The van der Waals surface area contributed by atoms with Crippen LogP contribution in [0.15, 0.2) is 5.16 Å². The van der Waals surface area contributed by atoms with E-state index >= 15 is 0 Å². The number of rotatable bonds is 8. The molecule has 25 heavy (non-hydrogen) atoms. The minimum absolute atomic E-state index is 0.00468. The predicted molar refractivity (Wildman–Crippen MR) is 102 cm³/mol. The second-order valence-electron chi connectivity index (χ2n) is 6.60. The fraction of sp³-hybridized carbons (Fsp3) is 0.765. The van der Waals surface area contributed by atoms with Crippen LogP contribution in [0.3, 0.4) is 0 Å². The van der Waals surface area contributed by atoms with Crippen molar-refractivity contribution >= 4 is 27.5 Å². The lowest BCUT2D eigenvalue weighted by atomic mass is 10.2. The summed E-state index contributed by atoms with van der Waals surface area (Å²) in [6.45, 7) is 9.57. The number of carbonyl (C=O) groups is 1. The third-order valence-corrected chi connectivity index (χ3v) is 7.50. The Balaban J connectivity index is 2.02. The van der Waals surface area contributed by atoms with Crippen LogP contribution in [0.1, 0.15) is 44.5 Å². The Kier molecular flexibility index (Phi) is 6.96. The molecule has 1 aromatic heterocycles. The van der Waals surface area contributed by atoms with Gasteiger partial charge in [0.15, 0.2) is 15.0 Å². The van der Waals surface area contributed by atoms with Gasteiger partial charge in [0.2, 0.25) is 5.91 Å². The number of hydrogen-bond donors (Lipinski definition) is 0. The summed E-state index contributed by atoms with van der Waals surface area (Å²) in [5.74, 6) is 0.580. The second kappa shape index (κ2) is 8.58. The van der Waals surface area contributed by atoms with E-state index < -0.39 is 9.84 Å². The molecule has 142 valence electrons. The number of nitrogens with zero attached hydrogens (tertiary/aromatic N) is 3. The van der Waals surface area contributed by atoms with E-state index in [9.17, 15) is 13.2 Å². The highest BCUT2D eigenvalue weighted by Gasteiger charge is 2.33. The highest BCUT2D eigenvalue weighted by molar-refractivity contribution is 7.99. The second-order valence-corrected chi connectivity index (χ2v) is 9.77. The van der Waals surface area contributed by atoms with Crippen molar-refractivity contribution in [2.75, 3.05) is 23.8 Å². The maximum absolute atomic E-state index is 12.6. The number of aryl methyl sites for hydroxylation is 1. The zero-order valence-corrected chi connectivity index (χ0v) is 17.3. The van der Waals surface area contributed by atoms with Gasteiger partial charge in [0, 0.05) is 24.8 Å². The standard InChI is InChI=1S/C17H29N3O3S2/c1-5-7-9-20-14(4)13(3)18-17(20)24-11-16(21)19(6-2)15-8-10-25(22,23)12-15/h15H,5-12H2,1-4H3. The molecule has 1 aromatic rings. The van der Waals surface area contributed by atoms with Crippen molar-refractivity contribution in [1.82, 2.24) is 14.5 Å². The molecule has 2 rings (SSSR count). The Hall–Kier alpha value is -1.02. The number of thioether (sulfide) groups is 1. The molecule has 1 saturated heterocycles. The summed E-state index contributed by atoms with van der Waals surface area (Å²) in [5.41, 5.74) is 2.15. The Labute approximate surface area is 155 Å². The van der Waals surface area contributed by atoms with Crippen molar-refractivity contribution in [3.63, 3.8) is 0 Å². The molecule has 1 amide bonds. The van der Waals surface area contributed by atoms with Crippen LogP contribution in [-0.2, 0) is 21.2 Å². The fourth-order valence-corrected chi connectivity index (χ4v) is 5.92. The van der Waals surface area contributed by atoms with E-state index in [0.29, 0.717) is 18.7 Å². The number of amides is 1. The molecule has 0 spiro atoms. The van der Waals surface area contributed by atoms with Gasteiger partial charge in [-0.3, -0.25) is 4.79 Å². The minimum Gasteiger partial charge on any atom is -0.338 e. The van der Waals surface area contributed by atoms with Crippen LogP contribution >= 0.6 is 11.8 Å². The van der Waals surface area contributed by atoms with Crippen LogP contribution in [0.4, 0.5) is 0 Å². The van der Waals surface area contributed by atoms with Gasteiger partial charge in [0.05, 0.1) is 23.0 Å². The SMILES string of the molecule is CCCCn1c(SCC(=O)N(CC)C2CCS(=O)(=O)C2)nc(C)c1C. The van der Waals surface area contributed by atoms with E-state index in [1.54, 1.807) is 4.90 Å². The van der Waals surface area contributed by atoms with Crippen LogP contribution < -0.4 is 0 Å². The molecule has 1 unspecified atom stereocenters. The number of hydrogen-bond acceptors (Lipinski definition) is 5. The molecule has 1 fully saturated rings. The quantitative estimate of drug-likeness (QED) is 0.641. The Bertz CT molecular complexity index is 713. The highest BCUT2D eigenvalue weighted by Crippen LogP contribution is 2.24. The number of sulfone groups is 1. The van der Waals surface area contributed by atoms with Gasteiger partial charge in [0.25, 0.3) is 0 Å². The highest BCUT2D eigenvalue weighted by atomic mass is 32.2. The normalized spacial score (nSPS) is 19.3. The van der Waals surface area contributed by atoms with E-state index in [1.807, 2.05) is 13.8 Å². The molecule has 6 nitrogen and oxygen atoms in total. The average Bonchev–Trinajstić information content (AvgIpc) is 3.04. The molecule has 0 aliphatic carbocycles. The smallest absolute Gasteiger partial charge is 0.233 e. The van der Waals surface area contributed by atoms with Crippen LogP contribution in [-0.4, -0.2) is 58.6 Å². The predicted octanol–water partition coefficient (Wildman–Crippen LogP) is 2.43. The van der Waals surface area contributed by atoms with E-state index in [2.05, 4.69) is 23.4 Å². The summed E-state index contributed by atoms with van der Waals surface area (Å²) in [4.78, 5) is 19.0. The first-order valence-electron chi connectivity index (χ1n) is 8.95. The number of aromatic nitrogens is 2. The Morgan fingerprint density at radius 1 is 1.36 bits per heavy atom. The largest absolute Gasteiger partial charge is 0.338 e. The van der Waals surface area contributed by atoms with E-state index in [4.69, 9.17) is 0 Å². The van der Waals surface area contributed by atoms with Gasteiger partial charge in [-0.2, -0.15) is 0 Å². The van der Waals surface area contributed by atoms with Gasteiger partial charge in [-0.15, -0.1) is 0 Å². The average molecular weight is 388 g/mol. The lowest BCUT2D eigenvalue weighted by Crippen LogP contribution is -2.42. The summed E-state index contributed by atoms with van der Waals surface area (Å²) in [5, 5.41) is 0.881. The van der Waals surface area contributed by atoms with E-state index in [-0.39, 0.29) is 23.5 Å². The third-order valence-electron chi connectivity index (χ3n) is 4.79. The maximum Gasteiger partial charge on any atom is 0.233 e. The van der Waals surface area contributed by atoms with Gasteiger partial charge in [-0.25, -0.2) is 13.4 Å². The van der Waals surface area contributed by atoms with E-state index in [1.165, 1.54) is 11.8 Å². The zero-order chi connectivity index (χ0) is 18.6. The first-order chi connectivity index (χ1) is 11.8. The number of carbonyl (C=O) groups excluding carboxylic acids is 1. The van der Waals surface area contributed by atoms with Crippen LogP contribution in [0.25, 0.3) is 0 Å². The molecule has 1 aliphatic rings. The lowest BCUT2D eigenvalue weighted by Gasteiger charge is -2.26.